The van der Waals surface area contributed by atoms with Gasteiger partial charge in [0.05, 0.1) is 0 Å². The van der Waals surface area contributed by atoms with Crippen molar-refractivity contribution in [2.24, 2.45) is 18.9 Å². The number of thioether (sulfide) groups is 1. The lowest BCUT2D eigenvalue weighted by Crippen LogP contribution is -2.25. The first-order chi connectivity index (χ1) is 20.0. The second-order valence-electron chi connectivity index (χ2n) is 11.0. The minimum Gasteiger partial charge on any atom is -0.208 e. The summed E-state index contributed by atoms with van der Waals surface area (Å²) in [6.45, 7) is 4.42. The number of aromatic nitrogens is 1. The number of nitrogens with zero attached hydrogens (tertiary/aromatic N) is 1. The molecule has 4 aromatic rings. The fourth-order valence-corrected chi connectivity index (χ4v) is 5.85. The largest absolute Gasteiger partial charge is 0.208 e. The molecule has 202 valence electrons. The van der Waals surface area contributed by atoms with Crippen molar-refractivity contribution in [3.63, 3.8) is 0 Å². The summed E-state index contributed by atoms with van der Waals surface area (Å²) in [6, 6.07) is 27.5. The van der Waals surface area contributed by atoms with Gasteiger partial charge in [0.2, 0.25) is 0 Å². The molecule has 2 unspecified atom stereocenters. The number of rotatable bonds is 4. The summed E-state index contributed by atoms with van der Waals surface area (Å²) in [6.07, 6.45) is 9.05. The first kappa shape index (κ1) is 28.4. The molecule has 1 aliphatic carbocycles. The van der Waals surface area contributed by atoms with Gasteiger partial charge in [-0.3, -0.25) is 0 Å². The second-order valence-corrected chi connectivity index (χ2v) is 12.2. The fourth-order valence-electron chi connectivity index (χ4n) is 4.95. The lowest BCUT2D eigenvalue weighted by Gasteiger charge is -2.02. The predicted octanol–water partition coefficient (Wildman–Crippen LogP) is 7.74. The van der Waals surface area contributed by atoms with Gasteiger partial charge in [0.25, 0.3) is 0 Å². The molecular formula is C39H36NS+. The van der Waals surface area contributed by atoms with Crippen LogP contribution >= 0.6 is 11.8 Å². The molecule has 0 spiro atoms. The zero-order chi connectivity index (χ0) is 28.4. The average molecular weight is 551 g/mol. The van der Waals surface area contributed by atoms with E-state index in [0.29, 0.717) is 5.92 Å². The van der Waals surface area contributed by atoms with Gasteiger partial charge in [0.1, 0.15) is 7.05 Å². The maximum atomic E-state index is 3.46. The average Bonchev–Trinajstić information content (AvgIpc) is 3.41. The Bertz CT molecular complexity index is 1660. The normalized spacial score (nSPS) is 15.6. The number of hydrogen-bond donors (Lipinski definition) is 0. The van der Waals surface area contributed by atoms with Crippen LogP contribution in [0.3, 0.4) is 0 Å². The van der Waals surface area contributed by atoms with Crippen molar-refractivity contribution >= 4 is 11.8 Å². The third-order valence-electron chi connectivity index (χ3n) is 7.48. The van der Waals surface area contributed by atoms with Gasteiger partial charge in [0, 0.05) is 56.5 Å². The molecule has 41 heavy (non-hydrogen) atoms. The van der Waals surface area contributed by atoms with Crippen LogP contribution in [-0.4, -0.2) is 5.75 Å². The smallest absolute Gasteiger partial charge is 0.168 e. The highest BCUT2D eigenvalue weighted by molar-refractivity contribution is 7.99. The highest BCUT2D eigenvalue weighted by atomic mass is 32.2. The van der Waals surface area contributed by atoms with Gasteiger partial charge in [-0.2, -0.15) is 0 Å². The van der Waals surface area contributed by atoms with Crippen molar-refractivity contribution in [2.75, 3.05) is 5.75 Å². The van der Waals surface area contributed by atoms with E-state index in [4.69, 9.17) is 0 Å². The summed E-state index contributed by atoms with van der Waals surface area (Å²) in [5.41, 5.74) is 7.63. The van der Waals surface area contributed by atoms with E-state index in [0.717, 1.165) is 51.5 Å². The fraction of sp³-hybridized carbons (Fsp3) is 0.256. The number of aryl methyl sites for hydroxylation is 3. The lowest BCUT2D eigenvalue weighted by molar-refractivity contribution is -0.671. The van der Waals surface area contributed by atoms with Crippen LogP contribution in [0.5, 0.6) is 0 Å². The van der Waals surface area contributed by atoms with Gasteiger partial charge in [-0.25, -0.2) is 4.57 Å². The molecule has 1 heterocycles. The van der Waals surface area contributed by atoms with E-state index in [9.17, 15) is 0 Å². The van der Waals surface area contributed by atoms with Crippen molar-refractivity contribution < 1.29 is 4.57 Å². The van der Waals surface area contributed by atoms with Crippen molar-refractivity contribution in [3.8, 4) is 35.5 Å². The molecule has 0 radical (unpaired) electrons. The Morgan fingerprint density at radius 1 is 0.732 bits per heavy atom. The Morgan fingerprint density at radius 3 is 2.00 bits per heavy atom. The molecule has 0 aliphatic heterocycles. The Kier molecular flexibility index (Phi) is 9.65. The summed E-state index contributed by atoms with van der Waals surface area (Å²) < 4.78 is 2.06. The van der Waals surface area contributed by atoms with Crippen LogP contribution in [0.15, 0.2) is 96.2 Å². The van der Waals surface area contributed by atoms with Crippen LogP contribution in [0, 0.1) is 54.3 Å². The molecule has 0 saturated heterocycles. The van der Waals surface area contributed by atoms with E-state index in [1.807, 2.05) is 18.8 Å². The second kappa shape index (κ2) is 14.0. The molecule has 0 bridgehead atoms. The van der Waals surface area contributed by atoms with Gasteiger partial charge in [-0.05, 0) is 116 Å². The molecule has 3 aromatic carbocycles. The summed E-state index contributed by atoms with van der Waals surface area (Å²) >= 11 is 1.88. The minimum absolute atomic E-state index is 0.559. The van der Waals surface area contributed by atoms with Crippen LogP contribution in [0.25, 0.3) is 0 Å². The maximum Gasteiger partial charge on any atom is 0.168 e. The van der Waals surface area contributed by atoms with Gasteiger partial charge < -0.3 is 0 Å². The maximum absolute atomic E-state index is 3.46. The van der Waals surface area contributed by atoms with E-state index in [-0.39, 0.29) is 0 Å². The number of benzene rings is 3. The zero-order valence-electron chi connectivity index (χ0n) is 24.2. The van der Waals surface area contributed by atoms with E-state index >= 15 is 0 Å². The van der Waals surface area contributed by atoms with Gasteiger partial charge in [-0.15, -0.1) is 11.8 Å². The van der Waals surface area contributed by atoms with E-state index in [1.165, 1.54) is 29.7 Å². The Morgan fingerprint density at radius 2 is 1.34 bits per heavy atom. The molecule has 5 rings (SSSR count). The third-order valence-corrected chi connectivity index (χ3v) is 8.49. The highest BCUT2D eigenvalue weighted by Gasteiger charge is 2.18. The zero-order valence-corrected chi connectivity index (χ0v) is 25.0. The van der Waals surface area contributed by atoms with Crippen LogP contribution in [-0.2, 0) is 13.5 Å². The molecule has 2 heteroatoms. The third kappa shape index (κ3) is 8.66. The molecule has 1 nitrogen and oxygen atoms in total. The molecule has 0 amide bonds. The summed E-state index contributed by atoms with van der Waals surface area (Å²) in [7, 11) is 2.05. The molecule has 1 aromatic heterocycles. The van der Waals surface area contributed by atoms with E-state index in [2.05, 4.69) is 145 Å². The van der Waals surface area contributed by atoms with Crippen LogP contribution in [0.1, 0.15) is 65.1 Å². The minimum atomic E-state index is 0.559. The molecule has 0 N–H and O–H groups in total. The molecular weight excluding hydrogens is 515 g/mol. The summed E-state index contributed by atoms with van der Waals surface area (Å²) in [5, 5.41) is 0. The molecule has 1 saturated carbocycles. The lowest BCUT2D eigenvalue weighted by atomic mass is 10.0. The van der Waals surface area contributed by atoms with Crippen molar-refractivity contribution in [1.82, 2.24) is 0 Å². The van der Waals surface area contributed by atoms with Gasteiger partial charge in [-0.1, -0.05) is 42.4 Å². The molecule has 1 aliphatic rings. The number of pyridine rings is 1. The van der Waals surface area contributed by atoms with Gasteiger partial charge in [0.15, 0.2) is 12.4 Å². The first-order valence-corrected chi connectivity index (χ1v) is 15.4. The Balaban J connectivity index is 1.14. The van der Waals surface area contributed by atoms with Crippen molar-refractivity contribution in [2.45, 2.75) is 44.4 Å². The number of hydrogen-bond acceptors (Lipinski definition) is 1. The van der Waals surface area contributed by atoms with Crippen molar-refractivity contribution in [3.05, 3.63) is 130 Å². The van der Waals surface area contributed by atoms with Crippen LogP contribution in [0.4, 0.5) is 0 Å². The topological polar surface area (TPSA) is 3.88 Å². The highest BCUT2D eigenvalue weighted by Crippen LogP contribution is 2.29. The van der Waals surface area contributed by atoms with E-state index in [1.54, 1.807) is 0 Å². The quantitative estimate of drug-likeness (QED) is 0.143. The SMILES string of the molecule is Cc1cc(C#Cc2ccc(SCCc3cc[n+](C)cc3)cc2)ccc1C#Cc1ccc(C#CC2CCC(C)C2)cc1. The molecule has 2 atom stereocenters. The molecule has 1 fully saturated rings. The monoisotopic (exact) mass is 550 g/mol. The standard InChI is InChI=1S/C39H36NS/c1-30-4-5-36(28-30)12-10-32-6-8-33(9-7-32)14-18-38-19-15-37(29-31(38)2)13-11-34-16-20-39(21-17-34)41-27-24-35-22-25-40(3)26-23-35/h6-9,15-17,19-23,25-26,29-30,36H,4-5,24,27-28H2,1-3H3/q+1. The Hall–Kier alpha value is -4.16. The Labute approximate surface area is 250 Å². The summed E-state index contributed by atoms with van der Waals surface area (Å²) in [4.78, 5) is 1.28. The van der Waals surface area contributed by atoms with Crippen LogP contribution in [0.2, 0.25) is 0 Å². The van der Waals surface area contributed by atoms with Crippen LogP contribution < -0.4 is 4.57 Å². The predicted molar refractivity (Wildman–Crippen MR) is 171 cm³/mol. The first-order valence-electron chi connectivity index (χ1n) is 14.4. The van der Waals surface area contributed by atoms with E-state index < -0.39 is 0 Å². The summed E-state index contributed by atoms with van der Waals surface area (Å²) in [5.74, 6) is 22.5. The van der Waals surface area contributed by atoms with Crippen molar-refractivity contribution in [1.29, 1.82) is 0 Å². The van der Waals surface area contributed by atoms with Gasteiger partial charge >= 0.3 is 0 Å².